The lowest BCUT2D eigenvalue weighted by atomic mass is 10.1. The average molecular weight is 301 g/mol. The van der Waals surface area contributed by atoms with Crippen LogP contribution in [0.3, 0.4) is 0 Å². The van der Waals surface area contributed by atoms with Gasteiger partial charge < -0.3 is 20.2 Å². The second-order valence-electron chi connectivity index (χ2n) is 4.74. The first kappa shape index (κ1) is 15.4. The normalized spacial score (nSPS) is 10.1. The van der Waals surface area contributed by atoms with Crippen LogP contribution in [0.4, 0.5) is 11.5 Å². The van der Waals surface area contributed by atoms with Crippen LogP contribution in [-0.2, 0) is 4.79 Å². The van der Waals surface area contributed by atoms with Crippen molar-refractivity contribution < 1.29 is 14.5 Å². The van der Waals surface area contributed by atoms with Crippen molar-refractivity contribution in [3.63, 3.8) is 0 Å². The first-order valence-corrected chi connectivity index (χ1v) is 6.56. The van der Waals surface area contributed by atoms with Crippen LogP contribution < -0.4 is 10.1 Å². The van der Waals surface area contributed by atoms with Crippen LogP contribution in [0.15, 0.2) is 36.5 Å². The molecule has 1 aromatic heterocycles. The molecule has 0 spiro atoms. The molecule has 0 aliphatic carbocycles. The van der Waals surface area contributed by atoms with E-state index in [2.05, 4.69) is 10.3 Å². The predicted molar refractivity (Wildman–Crippen MR) is 80.9 cm³/mol. The van der Waals surface area contributed by atoms with Gasteiger partial charge in [0.05, 0.1) is 0 Å². The maximum Gasteiger partial charge on any atom is 0.406 e. The van der Waals surface area contributed by atoms with E-state index in [1.165, 1.54) is 18.3 Å². The zero-order chi connectivity index (χ0) is 16.1. The molecule has 1 amide bonds. The summed E-state index contributed by atoms with van der Waals surface area (Å²) >= 11 is 0. The third-order valence-electron chi connectivity index (χ3n) is 2.95. The molecule has 0 saturated heterocycles. The number of rotatable bonds is 5. The van der Waals surface area contributed by atoms with Gasteiger partial charge in [-0.15, -0.1) is 0 Å². The van der Waals surface area contributed by atoms with Crippen LogP contribution in [-0.4, -0.2) is 22.4 Å². The van der Waals surface area contributed by atoms with Crippen molar-refractivity contribution in [3.8, 4) is 5.75 Å². The minimum atomic E-state index is -0.655. The summed E-state index contributed by atoms with van der Waals surface area (Å²) in [7, 11) is 0. The number of amides is 1. The van der Waals surface area contributed by atoms with Crippen LogP contribution >= 0.6 is 0 Å². The van der Waals surface area contributed by atoms with Gasteiger partial charge in [-0.1, -0.05) is 12.1 Å². The molecule has 1 N–H and O–H groups in total. The van der Waals surface area contributed by atoms with Gasteiger partial charge in [-0.05, 0) is 53.1 Å². The summed E-state index contributed by atoms with van der Waals surface area (Å²) in [4.78, 5) is 25.7. The second-order valence-corrected chi connectivity index (χ2v) is 4.74. The molecule has 0 saturated carbocycles. The summed E-state index contributed by atoms with van der Waals surface area (Å²) in [5, 5.41) is 13.5. The lowest BCUT2D eigenvalue weighted by Gasteiger charge is -2.10. The molecule has 22 heavy (non-hydrogen) atoms. The van der Waals surface area contributed by atoms with E-state index >= 15 is 0 Å². The van der Waals surface area contributed by atoms with Crippen molar-refractivity contribution in [2.75, 3.05) is 11.9 Å². The molecule has 2 aromatic rings. The van der Waals surface area contributed by atoms with Gasteiger partial charge in [-0.2, -0.15) is 0 Å². The number of ether oxygens (including phenoxy) is 1. The lowest BCUT2D eigenvalue weighted by molar-refractivity contribution is -0.390. The fraction of sp³-hybridized carbons (Fsp3) is 0.200. The van der Waals surface area contributed by atoms with E-state index < -0.39 is 16.6 Å². The Morgan fingerprint density at radius 1 is 1.36 bits per heavy atom. The van der Waals surface area contributed by atoms with Crippen LogP contribution in [0.2, 0.25) is 0 Å². The number of benzene rings is 1. The van der Waals surface area contributed by atoms with Crippen LogP contribution in [0, 0.1) is 24.0 Å². The Kier molecular flexibility index (Phi) is 4.67. The quantitative estimate of drug-likeness (QED) is 0.676. The number of aryl methyl sites for hydroxylation is 2. The minimum absolute atomic E-state index is 0.0383. The number of nitro groups is 1. The Hall–Kier alpha value is -2.96. The van der Waals surface area contributed by atoms with Gasteiger partial charge >= 0.3 is 5.82 Å². The number of aromatic nitrogens is 1. The van der Waals surface area contributed by atoms with Gasteiger partial charge in [0.2, 0.25) is 5.75 Å². The number of pyridine rings is 1. The first-order valence-electron chi connectivity index (χ1n) is 6.56. The van der Waals surface area contributed by atoms with Gasteiger partial charge in [-0.25, -0.2) is 0 Å². The van der Waals surface area contributed by atoms with E-state index in [0.717, 1.165) is 11.1 Å². The molecule has 7 heteroatoms. The van der Waals surface area contributed by atoms with Crippen LogP contribution in [0.5, 0.6) is 5.75 Å². The fourth-order valence-corrected chi connectivity index (χ4v) is 1.83. The summed E-state index contributed by atoms with van der Waals surface area (Å²) in [6.07, 6.45) is 1.29. The standard InChI is InChI=1S/C15H15N3O4/c1-10-5-6-11(2)12(8-10)17-14(19)9-22-13-4-3-7-16-15(13)18(20)21/h3-8H,9H2,1-2H3,(H,17,19). The molecule has 0 aliphatic rings. The summed E-state index contributed by atoms with van der Waals surface area (Å²) < 4.78 is 5.19. The predicted octanol–water partition coefficient (Wildman–Crippen LogP) is 2.62. The van der Waals surface area contributed by atoms with Gasteiger partial charge in [0.15, 0.2) is 6.61 Å². The van der Waals surface area contributed by atoms with Crippen molar-refractivity contribution in [1.82, 2.24) is 4.98 Å². The maximum atomic E-state index is 11.9. The lowest BCUT2D eigenvalue weighted by Crippen LogP contribution is -2.21. The zero-order valence-corrected chi connectivity index (χ0v) is 12.2. The highest BCUT2D eigenvalue weighted by Gasteiger charge is 2.16. The number of hydrogen-bond acceptors (Lipinski definition) is 5. The van der Waals surface area contributed by atoms with Crippen molar-refractivity contribution >= 4 is 17.4 Å². The summed E-state index contributed by atoms with van der Waals surface area (Å²) in [6, 6.07) is 8.60. The number of nitrogens with zero attached hydrogens (tertiary/aromatic N) is 2. The van der Waals surface area contributed by atoms with E-state index in [-0.39, 0.29) is 12.4 Å². The molecule has 0 fully saturated rings. The summed E-state index contributed by atoms with van der Waals surface area (Å²) in [5.41, 5.74) is 2.63. The van der Waals surface area contributed by atoms with E-state index in [9.17, 15) is 14.9 Å². The Morgan fingerprint density at radius 3 is 2.86 bits per heavy atom. The van der Waals surface area contributed by atoms with Crippen molar-refractivity contribution in [2.45, 2.75) is 13.8 Å². The number of carbonyl (C=O) groups is 1. The number of hydrogen-bond donors (Lipinski definition) is 1. The van der Waals surface area contributed by atoms with Gasteiger partial charge in [0, 0.05) is 5.69 Å². The van der Waals surface area contributed by atoms with E-state index in [1.807, 2.05) is 32.0 Å². The zero-order valence-electron chi connectivity index (χ0n) is 12.2. The summed E-state index contributed by atoms with van der Waals surface area (Å²) in [5.74, 6) is -0.850. The monoisotopic (exact) mass is 301 g/mol. The van der Waals surface area contributed by atoms with E-state index in [4.69, 9.17) is 4.74 Å². The Bertz CT molecular complexity index is 716. The molecule has 0 bridgehead atoms. The van der Waals surface area contributed by atoms with E-state index in [0.29, 0.717) is 5.69 Å². The minimum Gasteiger partial charge on any atom is -0.476 e. The molecule has 0 aliphatic heterocycles. The maximum absolute atomic E-state index is 11.9. The average Bonchev–Trinajstić information content (AvgIpc) is 2.49. The second kappa shape index (κ2) is 6.66. The molecule has 1 heterocycles. The topological polar surface area (TPSA) is 94.4 Å². The highest BCUT2D eigenvalue weighted by Crippen LogP contribution is 2.23. The summed E-state index contributed by atoms with van der Waals surface area (Å²) in [6.45, 7) is 3.46. The van der Waals surface area contributed by atoms with Gasteiger partial charge in [0.1, 0.15) is 6.20 Å². The van der Waals surface area contributed by atoms with Crippen molar-refractivity contribution in [1.29, 1.82) is 0 Å². The number of nitrogens with one attached hydrogen (secondary N) is 1. The molecule has 0 atom stereocenters. The highest BCUT2D eigenvalue weighted by atomic mass is 16.6. The van der Waals surface area contributed by atoms with E-state index in [1.54, 1.807) is 0 Å². The molecule has 0 unspecified atom stereocenters. The largest absolute Gasteiger partial charge is 0.476 e. The molecular weight excluding hydrogens is 286 g/mol. The highest BCUT2D eigenvalue weighted by molar-refractivity contribution is 5.92. The smallest absolute Gasteiger partial charge is 0.406 e. The molecular formula is C15H15N3O4. The molecule has 114 valence electrons. The Labute approximate surface area is 127 Å². The Morgan fingerprint density at radius 2 is 2.14 bits per heavy atom. The molecule has 7 nitrogen and oxygen atoms in total. The first-order chi connectivity index (χ1) is 10.5. The number of anilines is 1. The Balaban J connectivity index is 2.02. The van der Waals surface area contributed by atoms with Crippen molar-refractivity contribution in [2.24, 2.45) is 0 Å². The SMILES string of the molecule is Cc1ccc(C)c(NC(=O)COc2cccnc2[N+](=O)[O-])c1. The molecule has 2 rings (SSSR count). The molecule has 0 radical (unpaired) electrons. The van der Waals surface area contributed by atoms with Gasteiger partial charge in [-0.3, -0.25) is 4.79 Å². The van der Waals surface area contributed by atoms with Gasteiger partial charge in [0.25, 0.3) is 5.91 Å². The van der Waals surface area contributed by atoms with Crippen molar-refractivity contribution in [3.05, 3.63) is 57.8 Å². The molecule has 1 aromatic carbocycles. The fourth-order valence-electron chi connectivity index (χ4n) is 1.83. The van der Waals surface area contributed by atoms with Crippen LogP contribution in [0.25, 0.3) is 0 Å². The third-order valence-corrected chi connectivity index (χ3v) is 2.95. The number of carbonyl (C=O) groups excluding carboxylic acids is 1. The third kappa shape index (κ3) is 3.78. The van der Waals surface area contributed by atoms with Crippen LogP contribution in [0.1, 0.15) is 11.1 Å².